The Hall–Kier alpha value is -1.63. The number of hydrogen-bond acceptors (Lipinski definition) is 4. The lowest BCUT2D eigenvalue weighted by atomic mass is 9.51. The zero-order valence-corrected chi connectivity index (χ0v) is 13.1. The molecule has 0 unspecified atom stereocenters. The minimum Gasteiger partial charge on any atom is -0.437 e. The van der Waals surface area contributed by atoms with E-state index in [4.69, 9.17) is 0 Å². The molecule has 23 heavy (non-hydrogen) atoms. The van der Waals surface area contributed by atoms with Crippen molar-refractivity contribution in [2.24, 2.45) is 11.3 Å². The van der Waals surface area contributed by atoms with Gasteiger partial charge in [0, 0.05) is 16.9 Å². The predicted molar refractivity (Wildman–Crippen MR) is 87.8 cm³/mol. The molecule has 1 spiro atoms. The van der Waals surface area contributed by atoms with Crippen LogP contribution in [0.4, 0.5) is 0 Å². The molecular weight excluding hydrogens is 289 g/mol. The van der Waals surface area contributed by atoms with E-state index in [9.17, 15) is 10.1 Å². The van der Waals surface area contributed by atoms with Crippen LogP contribution in [0.2, 0.25) is 6.82 Å². The number of rotatable bonds is 2. The molecule has 1 saturated carbocycles. The van der Waals surface area contributed by atoms with Gasteiger partial charge in [-0.3, -0.25) is 0 Å². The minimum atomic E-state index is -0.417. The topological polar surface area (TPSA) is 61.5 Å². The molecule has 1 saturated heterocycles. The van der Waals surface area contributed by atoms with Crippen LogP contribution in [0.15, 0.2) is 36.8 Å². The summed E-state index contributed by atoms with van der Waals surface area (Å²) < 4.78 is 2.22. The standard InChI is InChI=1S/C17H20BN3O2/c1-18(23)20-8-17(9-20)6-13(16(17)22)15-12-5-3-2-4-11(12)14-7-19-10-21(14)15/h2-5,7,10,13,15-16,22-23H,6,8-9H2,1H3/t13-,15+,16+/m0/s1. The van der Waals surface area contributed by atoms with E-state index >= 15 is 0 Å². The van der Waals surface area contributed by atoms with E-state index in [1.54, 1.807) is 6.82 Å². The Kier molecular flexibility index (Phi) is 2.68. The van der Waals surface area contributed by atoms with Crippen molar-refractivity contribution in [3.8, 4) is 11.3 Å². The molecular formula is C17H20BN3O2. The summed E-state index contributed by atoms with van der Waals surface area (Å²) in [6, 6.07) is 8.63. The number of nitrogens with zero attached hydrogens (tertiary/aromatic N) is 3. The van der Waals surface area contributed by atoms with Crippen LogP contribution >= 0.6 is 0 Å². The molecule has 5 rings (SSSR count). The van der Waals surface area contributed by atoms with E-state index in [1.165, 1.54) is 11.1 Å². The molecule has 1 aromatic heterocycles. The molecule has 1 aromatic carbocycles. The first kappa shape index (κ1) is 13.8. The normalized spacial score (nSPS) is 30.5. The van der Waals surface area contributed by atoms with Gasteiger partial charge in [0.15, 0.2) is 0 Å². The Morgan fingerprint density at radius 2 is 2.09 bits per heavy atom. The monoisotopic (exact) mass is 309 g/mol. The molecule has 0 amide bonds. The van der Waals surface area contributed by atoms with Crippen LogP contribution in [0.1, 0.15) is 18.0 Å². The Morgan fingerprint density at radius 3 is 2.83 bits per heavy atom. The summed E-state index contributed by atoms with van der Waals surface area (Å²) in [6.45, 7) is 3.39. The van der Waals surface area contributed by atoms with Gasteiger partial charge in [-0.25, -0.2) is 4.98 Å². The predicted octanol–water partition coefficient (Wildman–Crippen LogP) is 1.25. The van der Waals surface area contributed by atoms with Gasteiger partial charge >= 0.3 is 7.05 Å². The van der Waals surface area contributed by atoms with Crippen LogP contribution in [-0.4, -0.2) is 50.7 Å². The Labute approximate surface area is 135 Å². The first-order valence-electron chi connectivity index (χ1n) is 8.32. The number of fused-ring (bicyclic) bond motifs is 3. The molecule has 1 aliphatic carbocycles. The molecule has 2 fully saturated rings. The number of benzene rings is 1. The molecule has 0 radical (unpaired) electrons. The Bertz CT molecular complexity index is 769. The fourth-order valence-electron chi connectivity index (χ4n) is 4.93. The van der Waals surface area contributed by atoms with Gasteiger partial charge in [-0.05, 0) is 31.9 Å². The van der Waals surface area contributed by atoms with Gasteiger partial charge < -0.3 is 19.5 Å². The van der Waals surface area contributed by atoms with Crippen LogP contribution in [0, 0.1) is 11.3 Å². The first-order chi connectivity index (χ1) is 11.1. The highest BCUT2D eigenvalue weighted by Gasteiger charge is 2.62. The quantitative estimate of drug-likeness (QED) is 0.820. The fraction of sp³-hybridized carbons (Fsp3) is 0.471. The summed E-state index contributed by atoms with van der Waals surface area (Å²) in [6.07, 6.45) is 4.50. The van der Waals surface area contributed by atoms with E-state index in [-0.39, 0.29) is 23.5 Å². The maximum absolute atomic E-state index is 10.9. The highest BCUT2D eigenvalue weighted by molar-refractivity contribution is 6.45. The average molecular weight is 309 g/mol. The minimum absolute atomic E-state index is 0.0140. The van der Waals surface area contributed by atoms with Crippen molar-refractivity contribution in [1.29, 1.82) is 0 Å². The van der Waals surface area contributed by atoms with Crippen molar-refractivity contribution in [3.63, 3.8) is 0 Å². The lowest BCUT2D eigenvalue weighted by molar-refractivity contribution is -0.187. The number of aliphatic hydroxyl groups is 1. The van der Waals surface area contributed by atoms with Crippen LogP contribution < -0.4 is 0 Å². The Morgan fingerprint density at radius 1 is 1.30 bits per heavy atom. The number of hydrogen-bond donors (Lipinski definition) is 2. The maximum atomic E-state index is 10.9. The van der Waals surface area contributed by atoms with Crippen molar-refractivity contribution in [3.05, 3.63) is 42.4 Å². The average Bonchev–Trinajstić information content (AvgIpc) is 3.06. The van der Waals surface area contributed by atoms with Crippen molar-refractivity contribution in [2.75, 3.05) is 13.1 Å². The summed E-state index contributed by atoms with van der Waals surface area (Å²) in [5, 5.41) is 20.5. The second kappa shape index (κ2) is 4.47. The molecule has 118 valence electrons. The zero-order chi connectivity index (χ0) is 15.8. The molecule has 6 heteroatoms. The first-order valence-corrected chi connectivity index (χ1v) is 8.32. The van der Waals surface area contributed by atoms with Crippen molar-refractivity contribution in [1.82, 2.24) is 14.4 Å². The van der Waals surface area contributed by atoms with Gasteiger partial charge in [-0.1, -0.05) is 24.3 Å². The lowest BCUT2D eigenvalue weighted by Crippen LogP contribution is -2.73. The second-order valence-electron chi connectivity index (χ2n) is 7.43. The molecule has 0 bridgehead atoms. The molecule has 3 atom stereocenters. The van der Waals surface area contributed by atoms with E-state index < -0.39 is 7.05 Å². The SMILES string of the molecule is CB(O)N1CC2(C[C@@H]([C@H]3c4ccccc4-c4cncn43)[C@H]2O)C1. The van der Waals surface area contributed by atoms with Gasteiger partial charge in [0.05, 0.1) is 30.4 Å². The van der Waals surface area contributed by atoms with Crippen LogP contribution in [-0.2, 0) is 0 Å². The number of aromatic nitrogens is 2. The van der Waals surface area contributed by atoms with E-state index in [0.29, 0.717) is 0 Å². The highest BCUT2D eigenvalue weighted by atomic mass is 16.3. The van der Waals surface area contributed by atoms with Gasteiger partial charge in [-0.15, -0.1) is 0 Å². The van der Waals surface area contributed by atoms with Crippen LogP contribution in [0.5, 0.6) is 0 Å². The summed E-state index contributed by atoms with van der Waals surface area (Å²) in [5.74, 6) is 0.225. The van der Waals surface area contributed by atoms with Crippen LogP contribution in [0.3, 0.4) is 0 Å². The molecule has 2 N–H and O–H groups in total. The van der Waals surface area contributed by atoms with E-state index in [0.717, 1.165) is 25.2 Å². The molecule has 3 aliphatic rings. The van der Waals surface area contributed by atoms with Crippen molar-refractivity contribution in [2.45, 2.75) is 25.4 Å². The van der Waals surface area contributed by atoms with Crippen molar-refractivity contribution < 1.29 is 10.1 Å². The summed E-state index contributed by atoms with van der Waals surface area (Å²) in [4.78, 5) is 6.32. The van der Waals surface area contributed by atoms with Gasteiger partial charge in [0.25, 0.3) is 0 Å². The van der Waals surface area contributed by atoms with Gasteiger partial charge in [0.2, 0.25) is 0 Å². The van der Waals surface area contributed by atoms with Gasteiger partial charge in [-0.2, -0.15) is 0 Å². The molecule has 5 nitrogen and oxygen atoms in total. The third-order valence-electron chi connectivity index (χ3n) is 6.17. The largest absolute Gasteiger partial charge is 0.437 e. The fourth-order valence-corrected chi connectivity index (χ4v) is 4.93. The third kappa shape index (κ3) is 1.66. The number of imidazole rings is 1. The van der Waals surface area contributed by atoms with E-state index in [2.05, 4.69) is 33.8 Å². The lowest BCUT2D eigenvalue weighted by Gasteiger charge is -2.64. The van der Waals surface area contributed by atoms with Crippen LogP contribution in [0.25, 0.3) is 11.3 Å². The maximum Gasteiger partial charge on any atom is 0.376 e. The molecule has 3 heterocycles. The Balaban J connectivity index is 1.44. The summed E-state index contributed by atoms with van der Waals surface area (Å²) >= 11 is 0. The molecule has 2 aliphatic heterocycles. The van der Waals surface area contributed by atoms with Crippen molar-refractivity contribution >= 4 is 7.05 Å². The summed E-state index contributed by atoms with van der Waals surface area (Å²) in [7, 11) is -0.417. The number of aliphatic hydroxyl groups excluding tert-OH is 1. The third-order valence-corrected chi connectivity index (χ3v) is 6.17. The smallest absolute Gasteiger partial charge is 0.376 e. The summed E-state index contributed by atoms with van der Waals surface area (Å²) in [5.41, 5.74) is 3.68. The molecule has 2 aromatic rings. The second-order valence-corrected chi connectivity index (χ2v) is 7.43. The zero-order valence-electron chi connectivity index (χ0n) is 13.1. The highest BCUT2D eigenvalue weighted by Crippen LogP contribution is 2.59. The van der Waals surface area contributed by atoms with Gasteiger partial charge in [0.1, 0.15) is 0 Å². The van der Waals surface area contributed by atoms with E-state index in [1.807, 2.05) is 17.3 Å².